The average Bonchev–Trinajstić information content (AvgIpc) is 3.27. The molecular formula is C22H22FN3O6. The second kappa shape index (κ2) is 10.4. The molecule has 10 heteroatoms. The molecule has 0 saturated heterocycles. The minimum atomic E-state index is -1.05. The number of halogens is 1. The Bertz CT molecular complexity index is 1080. The van der Waals surface area contributed by atoms with Gasteiger partial charge in [-0.05, 0) is 43.3 Å². The summed E-state index contributed by atoms with van der Waals surface area (Å²) in [6, 6.07) is 10.6. The first-order valence-corrected chi connectivity index (χ1v) is 9.70. The average molecular weight is 443 g/mol. The molecule has 0 saturated carbocycles. The van der Waals surface area contributed by atoms with Crippen LogP contribution in [-0.4, -0.2) is 42.3 Å². The monoisotopic (exact) mass is 443 g/mol. The van der Waals surface area contributed by atoms with Crippen LogP contribution in [0.4, 0.5) is 10.1 Å². The van der Waals surface area contributed by atoms with Gasteiger partial charge in [-0.2, -0.15) is 4.98 Å². The number of aromatic nitrogens is 2. The second-order valence-corrected chi connectivity index (χ2v) is 6.71. The van der Waals surface area contributed by atoms with Gasteiger partial charge in [0.1, 0.15) is 17.3 Å². The maximum atomic E-state index is 13.0. The Balaban J connectivity index is 1.52. The molecule has 9 nitrogen and oxygen atoms in total. The van der Waals surface area contributed by atoms with Crippen LogP contribution in [0, 0.1) is 5.82 Å². The predicted octanol–water partition coefficient (Wildman–Crippen LogP) is 3.40. The van der Waals surface area contributed by atoms with Gasteiger partial charge in [-0.1, -0.05) is 5.16 Å². The Kier molecular flexibility index (Phi) is 7.37. The van der Waals surface area contributed by atoms with Crippen LogP contribution in [0.5, 0.6) is 11.5 Å². The van der Waals surface area contributed by atoms with E-state index >= 15 is 0 Å². The van der Waals surface area contributed by atoms with Gasteiger partial charge in [-0.15, -0.1) is 0 Å². The van der Waals surface area contributed by atoms with Gasteiger partial charge in [0.05, 0.1) is 26.3 Å². The number of rotatable bonds is 9. The molecule has 0 aliphatic rings. The van der Waals surface area contributed by atoms with E-state index in [4.69, 9.17) is 18.7 Å². The number of anilines is 1. The number of hydrogen-bond donors (Lipinski definition) is 1. The van der Waals surface area contributed by atoms with Crippen LogP contribution in [0.15, 0.2) is 47.0 Å². The van der Waals surface area contributed by atoms with Crippen molar-refractivity contribution >= 4 is 17.6 Å². The maximum Gasteiger partial charge on any atom is 0.307 e. The van der Waals surface area contributed by atoms with Crippen molar-refractivity contribution in [3.8, 4) is 22.9 Å². The van der Waals surface area contributed by atoms with Gasteiger partial charge in [-0.25, -0.2) is 4.39 Å². The highest BCUT2D eigenvalue weighted by Gasteiger charge is 2.20. The molecule has 0 bridgehead atoms. The van der Waals surface area contributed by atoms with Gasteiger partial charge in [-0.3, -0.25) is 9.59 Å². The van der Waals surface area contributed by atoms with Crippen LogP contribution in [0.2, 0.25) is 0 Å². The van der Waals surface area contributed by atoms with Crippen molar-refractivity contribution in [2.75, 3.05) is 19.5 Å². The molecule has 0 radical (unpaired) electrons. The smallest absolute Gasteiger partial charge is 0.307 e. The van der Waals surface area contributed by atoms with Crippen LogP contribution >= 0.6 is 0 Å². The molecule has 1 amide bonds. The van der Waals surface area contributed by atoms with Gasteiger partial charge in [0, 0.05) is 18.1 Å². The Morgan fingerprint density at radius 3 is 2.56 bits per heavy atom. The molecule has 32 heavy (non-hydrogen) atoms. The van der Waals surface area contributed by atoms with Gasteiger partial charge in [0.15, 0.2) is 6.10 Å². The first-order valence-electron chi connectivity index (χ1n) is 9.70. The number of ether oxygens (including phenoxy) is 3. The molecule has 0 aliphatic heterocycles. The van der Waals surface area contributed by atoms with E-state index in [9.17, 15) is 14.0 Å². The number of methoxy groups -OCH3 is 2. The molecule has 1 aromatic heterocycles. The van der Waals surface area contributed by atoms with Gasteiger partial charge in [0.2, 0.25) is 11.7 Å². The van der Waals surface area contributed by atoms with Crippen molar-refractivity contribution in [3.63, 3.8) is 0 Å². The topological polar surface area (TPSA) is 113 Å². The molecule has 1 atom stereocenters. The van der Waals surface area contributed by atoms with Crippen molar-refractivity contribution in [2.45, 2.75) is 25.9 Å². The van der Waals surface area contributed by atoms with E-state index in [1.165, 1.54) is 45.4 Å². The number of nitrogens with one attached hydrogen (secondary N) is 1. The van der Waals surface area contributed by atoms with Crippen LogP contribution in [0.1, 0.15) is 19.2 Å². The number of amides is 1. The largest absolute Gasteiger partial charge is 0.497 e. The first kappa shape index (κ1) is 22.7. The Morgan fingerprint density at radius 1 is 1.12 bits per heavy atom. The van der Waals surface area contributed by atoms with Crippen molar-refractivity contribution in [3.05, 3.63) is 54.2 Å². The summed E-state index contributed by atoms with van der Waals surface area (Å²) in [5.41, 5.74) is 0.973. The predicted molar refractivity (Wildman–Crippen MR) is 112 cm³/mol. The molecule has 0 aliphatic carbocycles. The highest BCUT2D eigenvalue weighted by Crippen LogP contribution is 2.29. The second-order valence-electron chi connectivity index (χ2n) is 6.71. The van der Waals surface area contributed by atoms with Crippen LogP contribution in [0.3, 0.4) is 0 Å². The summed E-state index contributed by atoms with van der Waals surface area (Å²) in [5, 5.41) is 6.47. The zero-order chi connectivity index (χ0) is 23.1. The van der Waals surface area contributed by atoms with Crippen molar-refractivity contribution in [2.24, 2.45) is 0 Å². The molecule has 3 rings (SSSR count). The van der Waals surface area contributed by atoms with Crippen LogP contribution in [0.25, 0.3) is 11.4 Å². The lowest BCUT2D eigenvalue weighted by Gasteiger charge is -2.15. The Hall–Kier alpha value is -3.95. The quantitative estimate of drug-likeness (QED) is 0.501. The van der Waals surface area contributed by atoms with E-state index in [1.54, 1.807) is 18.2 Å². The maximum absolute atomic E-state index is 13.0. The minimum Gasteiger partial charge on any atom is -0.497 e. The lowest BCUT2D eigenvalue weighted by Crippen LogP contribution is -2.30. The third-order valence-electron chi connectivity index (χ3n) is 4.46. The van der Waals surface area contributed by atoms with E-state index in [0.717, 1.165) is 0 Å². The summed E-state index contributed by atoms with van der Waals surface area (Å²) in [5.74, 6) is -0.0273. The molecule has 1 N–H and O–H groups in total. The summed E-state index contributed by atoms with van der Waals surface area (Å²) in [6.45, 7) is 1.46. The summed E-state index contributed by atoms with van der Waals surface area (Å²) >= 11 is 0. The summed E-state index contributed by atoms with van der Waals surface area (Å²) in [7, 11) is 2.98. The summed E-state index contributed by atoms with van der Waals surface area (Å²) in [4.78, 5) is 28.7. The van der Waals surface area contributed by atoms with Gasteiger partial charge < -0.3 is 24.1 Å². The molecule has 1 unspecified atom stereocenters. The Labute approximate surface area is 183 Å². The van der Waals surface area contributed by atoms with Crippen molar-refractivity contribution in [1.29, 1.82) is 0 Å². The van der Waals surface area contributed by atoms with E-state index in [1.807, 2.05) is 0 Å². The molecule has 0 spiro atoms. The number of benzene rings is 2. The van der Waals surface area contributed by atoms with E-state index in [0.29, 0.717) is 22.7 Å². The third-order valence-corrected chi connectivity index (χ3v) is 4.46. The lowest BCUT2D eigenvalue weighted by molar-refractivity contribution is -0.153. The highest BCUT2D eigenvalue weighted by atomic mass is 19.1. The van der Waals surface area contributed by atoms with Crippen molar-refractivity contribution < 1.29 is 32.7 Å². The minimum absolute atomic E-state index is 0.0643. The van der Waals surface area contributed by atoms with Crippen molar-refractivity contribution in [1.82, 2.24) is 10.1 Å². The zero-order valence-electron chi connectivity index (χ0n) is 17.8. The Morgan fingerprint density at radius 2 is 1.88 bits per heavy atom. The zero-order valence-corrected chi connectivity index (χ0v) is 17.8. The van der Waals surface area contributed by atoms with Crippen LogP contribution in [-0.2, 0) is 20.7 Å². The molecule has 2 aromatic carbocycles. The fourth-order valence-electron chi connectivity index (χ4n) is 2.74. The number of aryl methyl sites for hydroxylation is 1. The van der Waals surface area contributed by atoms with E-state index in [2.05, 4.69) is 15.5 Å². The molecule has 0 fully saturated rings. The standard InChI is InChI=1S/C22H22FN3O6/c1-13(22(28)24-17-12-16(29-2)8-9-18(17)30-3)31-20(27)11-10-19-25-21(26-32-19)14-4-6-15(23)7-5-14/h4-9,12-13H,10-11H2,1-3H3,(H,24,28). The molecule has 3 aromatic rings. The number of carbonyl (C=O) groups is 2. The first-order chi connectivity index (χ1) is 15.4. The SMILES string of the molecule is COc1ccc(OC)c(NC(=O)C(C)OC(=O)CCc2nc(-c3ccc(F)cc3)no2)c1. The van der Waals surface area contributed by atoms with E-state index in [-0.39, 0.29) is 30.4 Å². The van der Waals surface area contributed by atoms with Gasteiger partial charge in [0.25, 0.3) is 5.91 Å². The summed E-state index contributed by atoms with van der Waals surface area (Å²) in [6.07, 6.45) is -0.980. The number of nitrogens with zero attached hydrogens (tertiary/aromatic N) is 2. The highest BCUT2D eigenvalue weighted by molar-refractivity contribution is 5.96. The summed E-state index contributed by atoms with van der Waals surface area (Å²) < 4.78 is 33.7. The molecular weight excluding hydrogens is 421 g/mol. The number of carbonyl (C=O) groups excluding carboxylic acids is 2. The van der Waals surface area contributed by atoms with Crippen LogP contribution < -0.4 is 14.8 Å². The lowest BCUT2D eigenvalue weighted by atomic mass is 10.2. The number of esters is 1. The number of hydrogen-bond acceptors (Lipinski definition) is 8. The van der Waals surface area contributed by atoms with E-state index < -0.39 is 18.0 Å². The molecule has 168 valence electrons. The fraction of sp³-hybridized carbons (Fsp3) is 0.273. The normalized spacial score (nSPS) is 11.5. The molecule has 1 heterocycles. The van der Waals surface area contributed by atoms with Gasteiger partial charge >= 0.3 is 5.97 Å². The third kappa shape index (κ3) is 5.81. The fourth-order valence-corrected chi connectivity index (χ4v) is 2.74.